The third-order valence-corrected chi connectivity index (χ3v) is 4.70. The number of aromatic hydroxyl groups is 1. The Morgan fingerprint density at radius 2 is 1.58 bits per heavy atom. The first-order chi connectivity index (χ1) is 11.8. The molecular formula is C21H16N2O. The van der Waals surface area contributed by atoms with Crippen molar-refractivity contribution in [3.63, 3.8) is 0 Å². The average molecular weight is 312 g/mol. The number of phenols is 1. The quantitative estimate of drug-likeness (QED) is 0.555. The fourth-order valence-corrected chi connectivity index (χ4v) is 3.59. The summed E-state index contributed by atoms with van der Waals surface area (Å²) >= 11 is 0. The van der Waals surface area contributed by atoms with Crippen molar-refractivity contribution >= 4 is 27.9 Å². The van der Waals surface area contributed by atoms with Crippen LogP contribution in [0.15, 0.2) is 72.9 Å². The molecule has 0 fully saturated rings. The number of hydrogen-bond donors (Lipinski definition) is 1. The van der Waals surface area contributed by atoms with E-state index in [-0.39, 0.29) is 5.75 Å². The average Bonchev–Trinajstić information content (AvgIpc) is 2.94. The number of phenolic OH excluding ortho intramolecular Hbond substituents is 1. The van der Waals surface area contributed by atoms with Gasteiger partial charge in [0.2, 0.25) is 0 Å². The number of aromatic nitrogens is 1. The first kappa shape index (κ1) is 13.3. The molecule has 1 aliphatic rings. The minimum absolute atomic E-state index is 0.285. The summed E-state index contributed by atoms with van der Waals surface area (Å²) in [4.78, 5) is 0. The van der Waals surface area contributed by atoms with Gasteiger partial charge in [0.15, 0.2) is 0 Å². The van der Waals surface area contributed by atoms with Crippen molar-refractivity contribution in [1.29, 1.82) is 0 Å². The zero-order valence-electron chi connectivity index (χ0n) is 13.1. The van der Waals surface area contributed by atoms with E-state index in [1.165, 1.54) is 16.5 Å². The molecule has 0 aliphatic carbocycles. The molecule has 24 heavy (non-hydrogen) atoms. The lowest BCUT2D eigenvalue weighted by Crippen LogP contribution is -2.30. The maximum atomic E-state index is 9.99. The van der Waals surface area contributed by atoms with E-state index in [1.807, 2.05) is 12.1 Å². The van der Waals surface area contributed by atoms with Gasteiger partial charge in [-0.05, 0) is 35.4 Å². The molecule has 0 spiro atoms. The zero-order chi connectivity index (χ0) is 16.1. The highest BCUT2D eigenvalue weighted by molar-refractivity contribution is 6.08. The molecule has 0 saturated carbocycles. The van der Waals surface area contributed by atoms with Crippen LogP contribution in [-0.4, -0.2) is 9.78 Å². The van der Waals surface area contributed by atoms with Crippen molar-refractivity contribution in [1.82, 2.24) is 4.68 Å². The number of hydrogen-bond acceptors (Lipinski definition) is 2. The van der Waals surface area contributed by atoms with E-state index in [2.05, 4.69) is 70.5 Å². The lowest BCUT2D eigenvalue weighted by Gasteiger charge is -2.28. The van der Waals surface area contributed by atoms with E-state index in [0.717, 1.165) is 23.0 Å². The standard InChI is InChI=1S/C21H16N2O/c24-17-9-10-19-18-7-3-4-8-20(18)23(21(19)13-17)22-12-11-15-5-1-2-6-16(15)14-22/h1-13,24H,14H2. The molecule has 0 bridgehead atoms. The predicted octanol–water partition coefficient (Wildman–Crippen LogP) is 4.62. The van der Waals surface area contributed by atoms with Crippen LogP contribution in [0.1, 0.15) is 11.1 Å². The second kappa shape index (κ2) is 4.90. The van der Waals surface area contributed by atoms with Crippen LogP contribution in [0.4, 0.5) is 0 Å². The van der Waals surface area contributed by atoms with E-state index in [4.69, 9.17) is 0 Å². The molecule has 0 unspecified atom stereocenters. The zero-order valence-corrected chi connectivity index (χ0v) is 13.1. The number of benzene rings is 3. The van der Waals surface area contributed by atoms with Crippen molar-refractivity contribution < 1.29 is 5.11 Å². The molecule has 0 amide bonds. The van der Waals surface area contributed by atoms with Crippen molar-refractivity contribution in [3.8, 4) is 5.75 Å². The van der Waals surface area contributed by atoms with Gasteiger partial charge in [-0.25, -0.2) is 0 Å². The monoisotopic (exact) mass is 312 g/mol. The fraction of sp³-hybridized carbons (Fsp3) is 0.0476. The van der Waals surface area contributed by atoms with Crippen molar-refractivity contribution in [2.75, 3.05) is 5.01 Å². The van der Waals surface area contributed by atoms with Gasteiger partial charge in [0.25, 0.3) is 0 Å². The molecule has 1 aliphatic heterocycles. The Morgan fingerprint density at radius 3 is 2.54 bits per heavy atom. The van der Waals surface area contributed by atoms with Gasteiger partial charge in [-0.2, -0.15) is 0 Å². The normalized spacial score (nSPS) is 13.6. The van der Waals surface area contributed by atoms with Gasteiger partial charge in [-0.1, -0.05) is 42.5 Å². The first-order valence-electron chi connectivity index (χ1n) is 8.06. The van der Waals surface area contributed by atoms with Crippen molar-refractivity contribution in [2.24, 2.45) is 0 Å². The summed E-state index contributed by atoms with van der Waals surface area (Å²) in [6.07, 6.45) is 4.25. The minimum atomic E-state index is 0.285. The highest BCUT2D eigenvalue weighted by Crippen LogP contribution is 2.32. The Bertz CT molecular complexity index is 1110. The summed E-state index contributed by atoms with van der Waals surface area (Å²) in [5.74, 6) is 0.285. The number of nitrogens with zero attached hydrogens (tertiary/aromatic N) is 2. The maximum absolute atomic E-state index is 9.99. The topological polar surface area (TPSA) is 28.4 Å². The second-order valence-corrected chi connectivity index (χ2v) is 6.14. The van der Waals surface area contributed by atoms with Crippen LogP contribution in [0, 0.1) is 0 Å². The van der Waals surface area contributed by atoms with Crippen LogP contribution in [0.2, 0.25) is 0 Å². The lowest BCUT2D eigenvalue weighted by molar-refractivity contribution is 0.476. The number of para-hydroxylation sites is 1. The van der Waals surface area contributed by atoms with Gasteiger partial charge in [-0.15, -0.1) is 0 Å². The molecule has 2 heterocycles. The summed E-state index contributed by atoms with van der Waals surface area (Å²) in [5, 5.41) is 14.5. The molecule has 3 nitrogen and oxygen atoms in total. The van der Waals surface area contributed by atoms with Crippen LogP contribution < -0.4 is 5.01 Å². The van der Waals surface area contributed by atoms with Crippen LogP contribution in [0.25, 0.3) is 27.9 Å². The molecule has 116 valence electrons. The van der Waals surface area contributed by atoms with Crippen molar-refractivity contribution in [2.45, 2.75) is 6.54 Å². The maximum Gasteiger partial charge on any atom is 0.117 e. The van der Waals surface area contributed by atoms with E-state index in [9.17, 15) is 5.11 Å². The minimum Gasteiger partial charge on any atom is -0.508 e. The van der Waals surface area contributed by atoms with Gasteiger partial charge < -0.3 is 5.11 Å². The highest BCUT2D eigenvalue weighted by Gasteiger charge is 2.17. The summed E-state index contributed by atoms with van der Waals surface area (Å²) in [5.41, 5.74) is 4.71. The third-order valence-electron chi connectivity index (χ3n) is 4.70. The second-order valence-electron chi connectivity index (χ2n) is 6.14. The van der Waals surface area contributed by atoms with Crippen LogP contribution in [-0.2, 0) is 6.54 Å². The fourth-order valence-electron chi connectivity index (χ4n) is 3.59. The predicted molar refractivity (Wildman–Crippen MR) is 98.5 cm³/mol. The molecule has 0 atom stereocenters. The smallest absolute Gasteiger partial charge is 0.117 e. The van der Waals surface area contributed by atoms with Gasteiger partial charge >= 0.3 is 0 Å². The molecule has 1 N–H and O–H groups in total. The van der Waals surface area contributed by atoms with Gasteiger partial charge in [0.1, 0.15) is 5.75 Å². The summed E-state index contributed by atoms with van der Waals surface area (Å²) in [6, 6.07) is 22.4. The van der Waals surface area contributed by atoms with Gasteiger partial charge in [0.05, 0.1) is 17.6 Å². The molecule has 3 aromatic carbocycles. The molecule has 3 heteroatoms. The SMILES string of the molecule is Oc1ccc2c3ccccc3n(N3C=Cc4ccccc4C3)c2c1. The Balaban J connectivity index is 1.78. The van der Waals surface area contributed by atoms with Crippen LogP contribution in [0.3, 0.4) is 0 Å². The molecule has 4 aromatic rings. The van der Waals surface area contributed by atoms with Gasteiger partial charge in [-0.3, -0.25) is 9.69 Å². The number of fused-ring (bicyclic) bond motifs is 4. The Labute approximate surface area is 139 Å². The largest absolute Gasteiger partial charge is 0.508 e. The summed E-state index contributed by atoms with van der Waals surface area (Å²) in [6.45, 7) is 0.802. The lowest BCUT2D eigenvalue weighted by atomic mass is 10.1. The van der Waals surface area contributed by atoms with Crippen LogP contribution in [0.5, 0.6) is 5.75 Å². The van der Waals surface area contributed by atoms with E-state index in [1.54, 1.807) is 6.07 Å². The highest BCUT2D eigenvalue weighted by atomic mass is 16.3. The molecule has 5 rings (SSSR count). The van der Waals surface area contributed by atoms with Crippen molar-refractivity contribution in [3.05, 3.63) is 84.1 Å². The Hall–Kier alpha value is -3.20. The van der Waals surface area contributed by atoms with E-state index >= 15 is 0 Å². The Morgan fingerprint density at radius 1 is 0.792 bits per heavy atom. The summed E-state index contributed by atoms with van der Waals surface area (Å²) in [7, 11) is 0. The molecule has 0 saturated heterocycles. The Kier molecular flexibility index (Phi) is 2.71. The first-order valence-corrected chi connectivity index (χ1v) is 8.06. The van der Waals surface area contributed by atoms with E-state index in [0.29, 0.717) is 0 Å². The number of rotatable bonds is 1. The molecular weight excluding hydrogens is 296 g/mol. The van der Waals surface area contributed by atoms with Crippen LogP contribution >= 0.6 is 0 Å². The summed E-state index contributed by atoms with van der Waals surface area (Å²) < 4.78 is 2.19. The third kappa shape index (κ3) is 1.85. The van der Waals surface area contributed by atoms with Gasteiger partial charge in [0, 0.05) is 23.0 Å². The molecule has 1 aromatic heterocycles. The molecule has 0 radical (unpaired) electrons. The van der Waals surface area contributed by atoms with E-state index < -0.39 is 0 Å².